The Morgan fingerprint density at radius 2 is 2.12 bits per heavy atom. The third-order valence-corrected chi connectivity index (χ3v) is 4.40. The number of aliphatic carboxylic acids is 1. The summed E-state index contributed by atoms with van der Waals surface area (Å²) in [6, 6.07) is -2.30. The van der Waals surface area contributed by atoms with Gasteiger partial charge < -0.3 is 35.3 Å². The summed E-state index contributed by atoms with van der Waals surface area (Å²) in [5.41, 5.74) is 8.70. The van der Waals surface area contributed by atoms with Crippen molar-refractivity contribution in [2.24, 2.45) is 11.0 Å². The SMILES string of the molecule is [N-]=[N+]=NC1C=C(C(=O)[O-])O[C@@H]([C@H](O)[C@H](O)CO)[C@@H]1NC(=O)C1CCC1.[Na+]. The number of carbonyl (C=O) groups excluding carboxylic acids is 2. The molecule has 11 nitrogen and oxygen atoms in total. The predicted octanol–water partition coefficient (Wildman–Crippen LogP) is -5.30. The van der Waals surface area contributed by atoms with Gasteiger partial charge in [-0.25, -0.2) is 0 Å². The largest absolute Gasteiger partial charge is 1.00 e. The van der Waals surface area contributed by atoms with Crippen molar-refractivity contribution in [2.75, 3.05) is 6.61 Å². The van der Waals surface area contributed by atoms with Gasteiger partial charge in [-0.15, -0.1) is 0 Å². The quantitative estimate of drug-likeness (QED) is 0.147. The molecule has 1 saturated carbocycles. The van der Waals surface area contributed by atoms with Gasteiger partial charge in [0.05, 0.1) is 18.7 Å². The number of azide groups is 1. The van der Waals surface area contributed by atoms with E-state index in [1.807, 2.05) is 0 Å². The minimum atomic E-state index is -1.74. The summed E-state index contributed by atoms with van der Waals surface area (Å²) in [6.45, 7) is -0.819. The number of amides is 1. The van der Waals surface area contributed by atoms with E-state index in [9.17, 15) is 24.9 Å². The van der Waals surface area contributed by atoms with Gasteiger partial charge in [0.1, 0.15) is 30.0 Å². The van der Waals surface area contributed by atoms with Gasteiger partial charge in [-0.1, -0.05) is 11.5 Å². The molecule has 1 aliphatic carbocycles. The predicted molar refractivity (Wildman–Crippen MR) is 79.3 cm³/mol. The third kappa shape index (κ3) is 5.10. The molecule has 4 N–H and O–H groups in total. The van der Waals surface area contributed by atoms with Crippen LogP contribution in [0.4, 0.5) is 0 Å². The second-order valence-corrected chi connectivity index (χ2v) is 6.00. The zero-order chi connectivity index (χ0) is 18.6. The summed E-state index contributed by atoms with van der Waals surface area (Å²) < 4.78 is 5.13. The number of aliphatic hydroxyl groups is 3. The molecule has 1 aliphatic heterocycles. The molecule has 0 bridgehead atoms. The van der Waals surface area contributed by atoms with E-state index < -0.39 is 48.7 Å². The van der Waals surface area contributed by atoms with Gasteiger partial charge >= 0.3 is 29.6 Å². The molecule has 1 heterocycles. The zero-order valence-electron chi connectivity index (χ0n) is 14.2. The summed E-state index contributed by atoms with van der Waals surface area (Å²) >= 11 is 0. The molecule has 2 aliphatic rings. The smallest absolute Gasteiger partial charge is 0.542 e. The number of carboxylic acids is 1. The summed E-state index contributed by atoms with van der Waals surface area (Å²) in [5, 5.41) is 45.9. The number of carboxylic acid groups (broad SMARTS) is 1. The molecular weight excluding hydrogens is 359 g/mol. The normalized spacial score (nSPS) is 27.3. The molecule has 1 unspecified atom stereocenters. The number of ether oxygens (including phenoxy) is 1. The maximum Gasteiger partial charge on any atom is 1.00 e. The van der Waals surface area contributed by atoms with Crippen LogP contribution in [-0.2, 0) is 14.3 Å². The molecule has 2 rings (SSSR count). The fourth-order valence-electron chi connectivity index (χ4n) is 2.72. The van der Waals surface area contributed by atoms with E-state index in [2.05, 4.69) is 15.3 Å². The van der Waals surface area contributed by atoms with E-state index in [0.29, 0.717) is 12.8 Å². The molecule has 0 saturated heterocycles. The van der Waals surface area contributed by atoms with E-state index in [0.717, 1.165) is 12.5 Å². The van der Waals surface area contributed by atoms with Gasteiger partial charge in [0.25, 0.3) is 0 Å². The Morgan fingerprint density at radius 3 is 2.58 bits per heavy atom. The number of rotatable bonds is 7. The number of hydrogen-bond acceptors (Lipinski definition) is 8. The van der Waals surface area contributed by atoms with Gasteiger partial charge in [-0.05, 0) is 24.4 Å². The first-order valence-corrected chi connectivity index (χ1v) is 7.80. The van der Waals surface area contributed by atoms with Crippen molar-refractivity contribution in [1.29, 1.82) is 0 Å². The Morgan fingerprint density at radius 1 is 1.46 bits per heavy atom. The zero-order valence-corrected chi connectivity index (χ0v) is 16.2. The van der Waals surface area contributed by atoms with Crippen LogP contribution in [0.15, 0.2) is 16.9 Å². The summed E-state index contributed by atoms with van der Waals surface area (Å²) in [4.78, 5) is 25.9. The molecule has 0 aromatic carbocycles. The maximum atomic E-state index is 12.2. The van der Waals surface area contributed by atoms with Crippen molar-refractivity contribution in [1.82, 2.24) is 5.32 Å². The fraction of sp³-hybridized carbons (Fsp3) is 0.714. The van der Waals surface area contributed by atoms with Crippen molar-refractivity contribution >= 4 is 11.9 Å². The maximum absolute atomic E-state index is 12.2. The van der Waals surface area contributed by atoms with Crippen LogP contribution in [0.25, 0.3) is 10.4 Å². The summed E-state index contributed by atoms with van der Waals surface area (Å²) in [7, 11) is 0. The van der Waals surface area contributed by atoms with E-state index in [1.54, 1.807) is 0 Å². The van der Waals surface area contributed by atoms with Crippen molar-refractivity contribution in [3.05, 3.63) is 22.3 Å². The van der Waals surface area contributed by atoms with Crippen molar-refractivity contribution in [3.8, 4) is 0 Å². The second kappa shape index (κ2) is 10.1. The molecule has 0 aromatic heterocycles. The average Bonchev–Trinajstić information content (AvgIpc) is 2.53. The topological polar surface area (TPSA) is 188 Å². The first-order valence-electron chi connectivity index (χ1n) is 7.80. The van der Waals surface area contributed by atoms with Crippen LogP contribution >= 0.6 is 0 Å². The van der Waals surface area contributed by atoms with E-state index in [-0.39, 0.29) is 41.4 Å². The average molecular weight is 378 g/mol. The van der Waals surface area contributed by atoms with Crippen LogP contribution in [0, 0.1) is 5.92 Å². The second-order valence-electron chi connectivity index (χ2n) is 6.00. The molecule has 26 heavy (non-hydrogen) atoms. The standard InChI is InChI=1S/C14H20N4O7.Na/c15-18-17-7-4-9(14(23)24)25-12(11(21)8(20)5-19)10(7)16-13(22)6-2-1-3-6;/h4,6-8,10-12,19-21H,1-3,5H2,(H,16,22)(H,23,24);/q;+1/p-1/t7?,8-,10-,11-,12-;/m1./s1. The summed E-state index contributed by atoms with van der Waals surface area (Å²) in [5.74, 6) is -2.98. The molecule has 5 atom stereocenters. The van der Waals surface area contributed by atoms with Crippen LogP contribution < -0.4 is 40.0 Å². The number of carbonyl (C=O) groups is 2. The Hall–Kier alpha value is -1.33. The Bertz CT molecular complexity index is 606. The first-order chi connectivity index (χ1) is 11.9. The molecule has 0 spiro atoms. The molecule has 138 valence electrons. The Balaban J connectivity index is 0.00000338. The number of hydrogen-bond donors (Lipinski definition) is 4. The van der Waals surface area contributed by atoms with Gasteiger partial charge in [0.2, 0.25) is 5.91 Å². The minimum absolute atomic E-state index is 0. The van der Waals surface area contributed by atoms with Crippen LogP contribution in [0.5, 0.6) is 0 Å². The molecule has 0 aromatic rings. The number of aliphatic hydroxyl groups excluding tert-OH is 3. The fourth-order valence-corrected chi connectivity index (χ4v) is 2.72. The Labute approximate surface area is 170 Å². The van der Waals surface area contributed by atoms with Crippen LogP contribution in [0.3, 0.4) is 0 Å². The Kier molecular flexibility index (Phi) is 8.84. The van der Waals surface area contributed by atoms with Crippen molar-refractivity contribution in [3.63, 3.8) is 0 Å². The van der Waals surface area contributed by atoms with Crippen molar-refractivity contribution < 1.29 is 64.3 Å². The first kappa shape index (κ1) is 22.7. The number of nitrogens with zero attached hydrogens (tertiary/aromatic N) is 3. The molecular formula is C14H19N4NaO7. The van der Waals surface area contributed by atoms with Gasteiger partial charge in [-0.2, -0.15) is 0 Å². The molecule has 1 fully saturated rings. The number of nitrogens with one attached hydrogen (secondary N) is 1. The molecule has 1 amide bonds. The van der Waals surface area contributed by atoms with Crippen LogP contribution in [-0.4, -0.2) is 64.2 Å². The van der Waals surface area contributed by atoms with E-state index >= 15 is 0 Å². The van der Waals surface area contributed by atoms with E-state index in [1.165, 1.54) is 0 Å². The summed E-state index contributed by atoms with van der Waals surface area (Å²) in [6.07, 6.45) is -1.59. The van der Waals surface area contributed by atoms with Gasteiger partial charge in [0.15, 0.2) is 0 Å². The van der Waals surface area contributed by atoms with Crippen LogP contribution in [0.1, 0.15) is 19.3 Å². The van der Waals surface area contributed by atoms with Gasteiger partial charge in [0, 0.05) is 10.8 Å². The monoisotopic (exact) mass is 378 g/mol. The van der Waals surface area contributed by atoms with Crippen LogP contribution in [0.2, 0.25) is 0 Å². The van der Waals surface area contributed by atoms with Gasteiger partial charge in [-0.3, -0.25) is 4.79 Å². The third-order valence-electron chi connectivity index (χ3n) is 4.40. The molecule has 0 radical (unpaired) electrons. The van der Waals surface area contributed by atoms with E-state index in [4.69, 9.17) is 15.4 Å². The minimum Gasteiger partial charge on any atom is -0.542 e. The van der Waals surface area contributed by atoms with Crippen molar-refractivity contribution in [2.45, 2.75) is 49.7 Å². The molecule has 12 heteroatoms.